The summed E-state index contributed by atoms with van der Waals surface area (Å²) in [5.74, 6) is -1.60. The van der Waals surface area contributed by atoms with Gasteiger partial charge in [-0.15, -0.1) is 0 Å². The van der Waals surface area contributed by atoms with E-state index in [1.54, 1.807) is 0 Å². The molecule has 0 fully saturated rings. The molecule has 0 aliphatic rings. The molecule has 1 radical (unpaired) electrons. The van der Waals surface area contributed by atoms with Crippen molar-refractivity contribution in [2.24, 2.45) is 0 Å². The smallest absolute Gasteiger partial charge is 0.239 e. The second kappa shape index (κ2) is 3.80. The van der Waals surface area contributed by atoms with E-state index in [0.29, 0.717) is 0 Å². The van der Waals surface area contributed by atoms with Gasteiger partial charge in [0.25, 0.3) is 0 Å². The normalized spacial score (nSPS) is 9.50. The van der Waals surface area contributed by atoms with E-state index in [9.17, 15) is 13.6 Å². The molecule has 0 saturated heterocycles. The van der Waals surface area contributed by atoms with Gasteiger partial charge in [-0.2, -0.15) is 0 Å². The highest BCUT2D eigenvalue weighted by Gasteiger charge is 2.03. The number of carbonyl (C=O) groups excluding carboxylic acids is 1. The molecule has 0 amide bonds. The van der Waals surface area contributed by atoms with Crippen molar-refractivity contribution in [1.29, 1.82) is 0 Å². The SMILES string of the molecule is O=[C]COc1cc(F)ccc1F. The summed E-state index contributed by atoms with van der Waals surface area (Å²) in [5, 5.41) is 0. The second-order valence-corrected chi connectivity index (χ2v) is 2.01. The van der Waals surface area contributed by atoms with Gasteiger partial charge in [0.15, 0.2) is 18.2 Å². The maximum atomic E-state index is 12.7. The van der Waals surface area contributed by atoms with Crippen LogP contribution >= 0.6 is 0 Å². The van der Waals surface area contributed by atoms with Gasteiger partial charge in [0, 0.05) is 6.07 Å². The van der Waals surface area contributed by atoms with Crippen LogP contribution in [0, 0.1) is 11.6 Å². The zero-order valence-electron chi connectivity index (χ0n) is 6.01. The van der Waals surface area contributed by atoms with Crippen molar-refractivity contribution in [2.75, 3.05) is 6.61 Å². The summed E-state index contributed by atoms with van der Waals surface area (Å²) >= 11 is 0. The Morgan fingerprint density at radius 1 is 1.42 bits per heavy atom. The Kier molecular flexibility index (Phi) is 2.74. The van der Waals surface area contributed by atoms with Gasteiger partial charge in [0.1, 0.15) is 5.82 Å². The van der Waals surface area contributed by atoms with E-state index < -0.39 is 18.2 Å². The molecular formula is C8H5F2O2. The molecule has 4 heteroatoms. The van der Waals surface area contributed by atoms with Crippen molar-refractivity contribution in [3.05, 3.63) is 29.8 Å². The number of rotatable bonds is 3. The van der Waals surface area contributed by atoms with E-state index in [4.69, 9.17) is 0 Å². The van der Waals surface area contributed by atoms with Crippen molar-refractivity contribution < 1.29 is 18.3 Å². The van der Waals surface area contributed by atoms with Crippen molar-refractivity contribution in [3.8, 4) is 5.75 Å². The molecule has 12 heavy (non-hydrogen) atoms. The predicted octanol–water partition coefficient (Wildman–Crippen LogP) is 1.45. The number of ether oxygens (including phenoxy) is 1. The first-order valence-electron chi connectivity index (χ1n) is 3.17. The molecular weight excluding hydrogens is 166 g/mol. The summed E-state index contributed by atoms with van der Waals surface area (Å²) in [5.41, 5.74) is 0. The van der Waals surface area contributed by atoms with Crippen LogP contribution in [-0.4, -0.2) is 12.9 Å². The fraction of sp³-hybridized carbons (Fsp3) is 0.125. The van der Waals surface area contributed by atoms with Crippen molar-refractivity contribution in [3.63, 3.8) is 0 Å². The van der Waals surface area contributed by atoms with E-state index in [2.05, 4.69) is 4.74 Å². The number of hydrogen-bond donors (Lipinski definition) is 0. The van der Waals surface area contributed by atoms with Crippen LogP contribution in [0.1, 0.15) is 0 Å². The molecule has 2 nitrogen and oxygen atoms in total. The first kappa shape index (κ1) is 8.64. The zero-order valence-corrected chi connectivity index (χ0v) is 6.01. The fourth-order valence-electron chi connectivity index (χ4n) is 0.695. The van der Waals surface area contributed by atoms with Gasteiger partial charge in [-0.05, 0) is 12.1 Å². The van der Waals surface area contributed by atoms with Gasteiger partial charge in [0.2, 0.25) is 6.29 Å². The van der Waals surface area contributed by atoms with Crippen molar-refractivity contribution in [1.82, 2.24) is 0 Å². The lowest BCUT2D eigenvalue weighted by molar-refractivity contribution is 0.342. The summed E-state index contributed by atoms with van der Waals surface area (Å²) in [6, 6.07) is 2.76. The van der Waals surface area contributed by atoms with Gasteiger partial charge in [-0.25, -0.2) is 8.78 Å². The predicted molar refractivity (Wildman–Crippen MR) is 37.5 cm³/mol. The van der Waals surface area contributed by atoms with E-state index in [0.717, 1.165) is 18.2 Å². The Morgan fingerprint density at radius 2 is 2.17 bits per heavy atom. The first-order chi connectivity index (χ1) is 5.74. The van der Waals surface area contributed by atoms with Gasteiger partial charge >= 0.3 is 0 Å². The fourth-order valence-corrected chi connectivity index (χ4v) is 0.695. The Labute approximate surface area is 67.8 Å². The minimum atomic E-state index is -0.702. The monoisotopic (exact) mass is 171 g/mol. The Hall–Kier alpha value is -1.45. The molecule has 0 aromatic heterocycles. The quantitative estimate of drug-likeness (QED) is 0.688. The molecule has 0 unspecified atom stereocenters. The van der Waals surface area contributed by atoms with Gasteiger partial charge in [0.05, 0.1) is 0 Å². The topological polar surface area (TPSA) is 26.3 Å². The molecule has 63 valence electrons. The van der Waals surface area contributed by atoms with Crippen molar-refractivity contribution in [2.45, 2.75) is 0 Å². The summed E-state index contributed by atoms with van der Waals surface area (Å²) in [6.07, 6.45) is 1.40. The van der Waals surface area contributed by atoms with Gasteiger partial charge in [-0.1, -0.05) is 0 Å². The molecule has 0 atom stereocenters. The molecule has 0 heterocycles. The molecule has 0 aliphatic heterocycles. The van der Waals surface area contributed by atoms with Crippen LogP contribution in [0.5, 0.6) is 5.75 Å². The van der Waals surface area contributed by atoms with Gasteiger partial charge < -0.3 is 4.74 Å². The minimum Gasteiger partial charge on any atom is -0.482 e. The summed E-state index contributed by atoms with van der Waals surface area (Å²) in [7, 11) is 0. The molecule has 0 saturated carbocycles. The highest BCUT2D eigenvalue weighted by atomic mass is 19.1. The zero-order chi connectivity index (χ0) is 8.97. The highest BCUT2D eigenvalue weighted by Crippen LogP contribution is 2.17. The Bertz CT molecular complexity index is 286. The highest BCUT2D eigenvalue weighted by molar-refractivity contribution is 5.52. The second-order valence-electron chi connectivity index (χ2n) is 2.01. The Morgan fingerprint density at radius 3 is 2.83 bits per heavy atom. The molecule has 0 spiro atoms. The molecule has 0 aliphatic carbocycles. The largest absolute Gasteiger partial charge is 0.482 e. The van der Waals surface area contributed by atoms with Crippen LogP contribution in [0.4, 0.5) is 8.78 Å². The van der Waals surface area contributed by atoms with Crippen LogP contribution in [-0.2, 0) is 4.79 Å². The summed E-state index contributed by atoms with van der Waals surface area (Å²) in [6.45, 7) is -0.402. The lowest BCUT2D eigenvalue weighted by Crippen LogP contribution is -1.99. The van der Waals surface area contributed by atoms with E-state index >= 15 is 0 Å². The molecule has 1 aromatic carbocycles. The van der Waals surface area contributed by atoms with Crippen molar-refractivity contribution >= 4 is 6.29 Å². The third-order valence-electron chi connectivity index (χ3n) is 1.18. The lowest BCUT2D eigenvalue weighted by Gasteiger charge is -2.01. The standard InChI is InChI=1S/C8H5F2O2/c9-6-1-2-7(10)8(5-6)12-4-3-11/h1-2,5H,4H2. The van der Waals surface area contributed by atoms with Gasteiger partial charge in [-0.3, -0.25) is 4.79 Å². The average Bonchev–Trinajstić information content (AvgIpc) is 2.07. The van der Waals surface area contributed by atoms with Crippen LogP contribution in [0.3, 0.4) is 0 Å². The third kappa shape index (κ3) is 2.02. The summed E-state index contributed by atoms with van der Waals surface area (Å²) in [4.78, 5) is 9.71. The maximum Gasteiger partial charge on any atom is 0.239 e. The van der Waals surface area contributed by atoms with E-state index in [1.807, 2.05) is 0 Å². The lowest BCUT2D eigenvalue weighted by atomic mass is 10.3. The molecule has 0 N–H and O–H groups in total. The molecule has 0 bridgehead atoms. The number of hydrogen-bond acceptors (Lipinski definition) is 2. The van der Waals surface area contributed by atoms with E-state index in [-0.39, 0.29) is 5.75 Å². The van der Waals surface area contributed by atoms with Crippen LogP contribution < -0.4 is 4.74 Å². The number of halogens is 2. The van der Waals surface area contributed by atoms with Crippen LogP contribution in [0.2, 0.25) is 0 Å². The first-order valence-corrected chi connectivity index (χ1v) is 3.17. The number of benzene rings is 1. The molecule has 1 aromatic rings. The minimum absolute atomic E-state index is 0.279. The van der Waals surface area contributed by atoms with Crippen LogP contribution in [0.15, 0.2) is 18.2 Å². The van der Waals surface area contributed by atoms with Crippen LogP contribution in [0.25, 0.3) is 0 Å². The van der Waals surface area contributed by atoms with E-state index in [1.165, 1.54) is 6.29 Å². The molecule has 1 rings (SSSR count). The average molecular weight is 171 g/mol. The summed E-state index contributed by atoms with van der Waals surface area (Å²) < 4.78 is 29.6. The Balaban J connectivity index is 2.82. The third-order valence-corrected chi connectivity index (χ3v) is 1.18. The maximum absolute atomic E-state index is 12.7.